The summed E-state index contributed by atoms with van der Waals surface area (Å²) < 4.78 is 37.2. The molecule has 9 atom stereocenters. The van der Waals surface area contributed by atoms with Gasteiger partial charge in [-0.1, -0.05) is 59.3 Å². The van der Waals surface area contributed by atoms with Crippen molar-refractivity contribution in [3.05, 3.63) is 36.0 Å². The number of hydrogen-bond acceptors (Lipinski definition) is 5. The second-order valence-corrected chi connectivity index (χ2v) is 21.1. The lowest BCUT2D eigenvalue weighted by Crippen LogP contribution is -2.67. The lowest BCUT2D eigenvalue weighted by Gasteiger charge is -2.72. The summed E-state index contributed by atoms with van der Waals surface area (Å²) in [7, 11) is -2.82. The highest BCUT2D eigenvalue weighted by Crippen LogP contribution is 2.76. The van der Waals surface area contributed by atoms with E-state index in [1.807, 2.05) is 6.92 Å². The molecule has 0 radical (unpaired) electrons. The number of fused-ring (bicyclic) bond motifs is 7. The number of rotatable bonds is 6. The molecule has 2 N–H and O–H groups in total. The zero-order valence-electron chi connectivity index (χ0n) is 33.0. The van der Waals surface area contributed by atoms with Crippen molar-refractivity contribution in [3.63, 3.8) is 0 Å². The van der Waals surface area contributed by atoms with Gasteiger partial charge in [0.2, 0.25) is 0 Å². The van der Waals surface area contributed by atoms with Crippen LogP contribution in [0.15, 0.2) is 36.0 Å². The fourth-order valence-electron chi connectivity index (χ4n) is 13.7. The van der Waals surface area contributed by atoms with Crippen LogP contribution in [-0.2, 0) is 14.6 Å². The SMILES string of the molecule is C=CC.CC1(C)C(C2=CCC(CF)CC2)=CCC2(C)C1CCC1(C)C2CCC2[C@H]3CCCC3(NCCN3CCS(=O)(=O)CC3)CC[C@]21C.O=CO. The van der Waals surface area contributed by atoms with Gasteiger partial charge < -0.3 is 15.3 Å². The van der Waals surface area contributed by atoms with Gasteiger partial charge in [0.05, 0.1) is 18.2 Å². The molecule has 8 heteroatoms. The van der Waals surface area contributed by atoms with Gasteiger partial charge in [-0.2, -0.15) is 0 Å². The molecular weight excluding hydrogens is 660 g/mol. The number of nitrogens with zero attached hydrogens (tertiary/aromatic N) is 1. The van der Waals surface area contributed by atoms with Crippen molar-refractivity contribution < 1.29 is 22.7 Å². The van der Waals surface area contributed by atoms with Gasteiger partial charge in [-0.15, -0.1) is 6.58 Å². The first-order valence-electron chi connectivity index (χ1n) is 20.4. The summed E-state index contributed by atoms with van der Waals surface area (Å²) in [6.07, 6.45) is 23.3. The second kappa shape index (κ2) is 15.7. The van der Waals surface area contributed by atoms with Gasteiger partial charge in [0.25, 0.3) is 6.47 Å². The van der Waals surface area contributed by atoms with Crippen LogP contribution in [0.4, 0.5) is 4.39 Å². The molecule has 1 aliphatic heterocycles. The molecule has 7 unspecified atom stereocenters. The Hall–Kier alpha value is -1.51. The van der Waals surface area contributed by atoms with E-state index >= 15 is 0 Å². The van der Waals surface area contributed by atoms with Gasteiger partial charge in [-0.05, 0) is 146 Å². The summed E-state index contributed by atoms with van der Waals surface area (Å²) in [5, 5.41) is 11.1. The van der Waals surface area contributed by atoms with Crippen LogP contribution in [0.3, 0.4) is 0 Å². The number of carboxylic acid groups (broad SMARTS) is 1. The van der Waals surface area contributed by atoms with Crippen LogP contribution < -0.4 is 5.32 Å². The molecule has 0 spiro atoms. The molecule has 7 rings (SSSR count). The Morgan fingerprint density at radius 3 is 2.25 bits per heavy atom. The van der Waals surface area contributed by atoms with Crippen LogP contribution in [0.1, 0.15) is 125 Å². The Bertz CT molecular complexity index is 1410. The first-order chi connectivity index (χ1) is 24.1. The van der Waals surface area contributed by atoms with E-state index in [-0.39, 0.29) is 30.0 Å². The predicted molar refractivity (Wildman–Crippen MR) is 208 cm³/mol. The smallest absolute Gasteiger partial charge is 0.290 e. The van der Waals surface area contributed by atoms with Gasteiger partial charge >= 0.3 is 0 Å². The molecule has 51 heavy (non-hydrogen) atoms. The second-order valence-electron chi connectivity index (χ2n) is 18.8. The van der Waals surface area contributed by atoms with Crippen LogP contribution in [0, 0.1) is 51.2 Å². The molecule has 1 saturated heterocycles. The summed E-state index contributed by atoms with van der Waals surface area (Å²) in [6.45, 7) is 21.5. The summed E-state index contributed by atoms with van der Waals surface area (Å²) in [4.78, 5) is 10.7. The predicted octanol–water partition coefficient (Wildman–Crippen LogP) is 9.04. The molecule has 5 fully saturated rings. The van der Waals surface area contributed by atoms with E-state index in [1.54, 1.807) is 17.2 Å². The lowest BCUT2D eigenvalue weighted by molar-refractivity contribution is -0.218. The lowest BCUT2D eigenvalue weighted by atomic mass is 9.33. The van der Waals surface area contributed by atoms with Crippen LogP contribution in [0.2, 0.25) is 0 Å². The van der Waals surface area contributed by atoms with Crippen molar-refractivity contribution in [3.8, 4) is 0 Å². The summed E-state index contributed by atoms with van der Waals surface area (Å²) in [5.41, 5.74) is 4.73. The number of nitrogens with one attached hydrogen (secondary N) is 1. The fourth-order valence-corrected chi connectivity index (χ4v) is 15.0. The highest BCUT2D eigenvalue weighted by atomic mass is 32.2. The maximum Gasteiger partial charge on any atom is 0.290 e. The van der Waals surface area contributed by atoms with E-state index < -0.39 is 9.84 Å². The topological polar surface area (TPSA) is 86.7 Å². The van der Waals surface area contributed by atoms with E-state index in [2.05, 4.69) is 63.6 Å². The number of allylic oxidation sites excluding steroid dienone is 5. The number of sulfone groups is 1. The Balaban J connectivity index is 0.000000787. The molecule has 6 aliphatic carbocycles. The Morgan fingerprint density at radius 1 is 0.941 bits per heavy atom. The largest absolute Gasteiger partial charge is 0.483 e. The molecule has 7 aliphatic rings. The third-order valence-electron chi connectivity index (χ3n) is 16.4. The van der Waals surface area contributed by atoms with Crippen LogP contribution in [-0.4, -0.2) is 74.8 Å². The number of hydrogen-bond donors (Lipinski definition) is 2. The molecule has 0 bridgehead atoms. The van der Waals surface area contributed by atoms with Crippen LogP contribution in [0.25, 0.3) is 0 Å². The minimum Gasteiger partial charge on any atom is -0.483 e. The van der Waals surface area contributed by atoms with E-state index in [0.717, 1.165) is 50.1 Å². The number of halogens is 1. The molecular formula is C43H71FN2O4S. The third kappa shape index (κ3) is 7.34. The van der Waals surface area contributed by atoms with Gasteiger partial charge in [0, 0.05) is 31.7 Å². The third-order valence-corrected chi connectivity index (χ3v) is 18.0. The molecule has 0 aromatic carbocycles. The Morgan fingerprint density at radius 2 is 1.63 bits per heavy atom. The van der Waals surface area contributed by atoms with E-state index in [0.29, 0.717) is 46.8 Å². The molecule has 0 aromatic heterocycles. The average molecular weight is 731 g/mol. The van der Waals surface area contributed by atoms with Crippen molar-refractivity contribution in [2.75, 3.05) is 44.4 Å². The Kier molecular flexibility index (Phi) is 12.5. The highest BCUT2D eigenvalue weighted by molar-refractivity contribution is 7.91. The van der Waals surface area contributed by atoms with E-state index in [9.17, 15) is 12.8 Å². The quantitative estimate of drug-likeness (QED) is 0.210. The first-order valence-corrected chi connectivity index (χ1v) is 22.2. The Labute approximate surface area is 310 Å². The molecule has 4 saturated carbocycles. The van der Waals surface area contributed by atoms with E-state index in [4.69, 9.17) is 9.90 Å². The number of alkyl halides is 1. The summed E-state index contributed by atoms with van der Waals surface area (Å²) in [5.74, 6) is 3.96. The van der Waals surface area contributed by atoms with Gasteiger partial charge in [0.15, 0.2) is 9.84 Å². The van der Waals surface area contributed by atoms with Crippen molar-refractivity contribution in [1.29, 1.82) is 0 Å². The van der Waals surface area contributed by atoms with E-state index in [1.165, 1.54) is 64.2 Å². The molecule has 0 aromatic rings. The first kappa shape index (κ1) is 40.7. The fraction of sp³-hybridized carbons (Fsp3) is 0.837. The van der Waals surface area contributed by atoms with Gasteiger partial charge in [0.1, 0.15) is 0 Å². The minimum atomic E-state index is -2.82. The molecule has 290 valence electrons. The van der Waals surface area contributed by atoms with Crippen LogP contribution in [0.5, 0.6) is 0 Å². The zero-order chi connectivity index (χ0) is 37.3. The van der Waals surface area contributed by atoms with Gasteiger partial charge in [-0.25, -0.2) is 8.42 Å². The summed E-state index contributed by atoms with van der Waals surface area (Å²) >= 11 is 0. The number of carbonyl (C=O) groups is 1. The van der Waals surface area contributed by atoms with Crippen molar-refractivity contribution >= 4 is 16.3 Å². The molecule has 0 amide bonds. The van der Waals surface area contributed by atoms with Crippen molar-refractivity contribution in [2.45, 2.75) is 131 Å². The monoisotopic (exact) mass is 731 g/mol. The minimum absolute atomic E-state index is 0.169. The normalized spacial score (nSPS) is 42.4. The summed E-state index contributed by atoms with van der Waals surface area (Å²) in [6, 6.07) is 0. The maximum absolute atomic E-state index is 13.4. The average Bonchev–Trinajstić information content (AvgIpc) is 3.51. The zero-order valence-corrected chi connectivity index (χ0v) is 33.8. The standard InChI is InChI=1S/C39H63FN2O2S.C3H6.CH2O2/c1-35(2)30(29-10-8-28(27-40)9-11-29)14-17-36(3)33(35)15-18-38(5)34(36)13-12-31-32-7-6-16-39(32,20-19-37(31,38)4)41-21-22-42-23-25-45(43,44)26-24-42;1-3-2;2-1-3/h10,14,28,31-34,41H,6-9,11-13,15-27H2,1-5H3;3H,1H2,2H3;1H,(H,2,3)/t28?,31?,32-,33?,34?,36?,37-,38?,39?;;/m1../s1. The van der Waals surface area contributed by atoms with Crippen LogP contribution >= 0.6 is 0 Å². The molecule has 1 heterocycles. The van der Waals surface area contributed by atoms with Crippen molar-refractivity contribution in [1.82, 2.24) is 10.2 Å². The maximum atomic E-state index is 13.4. The highest BCUT2D eigenvalue weighted by Gasteiger charge is 2.69. The van der Waals surface area contributed by atoms with Gasteiger partial charge in [-0.3, -0.25) is 9.18 Å². The molecule has 6 nitrogen and oxygen atoms in total. The van der Waals surface area contributed by atoms with Crippen molar-refractivity contribution in [2.24, 2.45) is 51.2 Å².